The van der Waals surface area contributed by atoms with Crippen molar-refractivity contribution >= 4 is 22.4 Å². The predicted octanol–water partition coefficient (Wildman–Crippen LogP) is 4.07. The van der Waals surface area contributed by atoms with E-state index in [1.165, 1.54) is 18.2 Å². The lowest BCUT2D eigenvalue weighted by Crippen LogP contribution is -2.14. The number of ether oxygens (including phenoxy) is 2. The van der Waals surface area contributed by atoms with Crippen LogP contribution in [0.4, 0.5) is 13.9 Å². The van der Waals surface area contributed by atoms with Crippen LogP contribution in [0, 0.1) is 0 Å². The molecule has 3 aromatic rings. The molecule has 1 amide bonds. The minimum Gasteiger partial charge on any atom is -0.497 e. The van der Waals surface area contributed by atoms with Gasteiger partial charge in [0, 0.05) is 5.56 Å². The van der Waals surface area contributed by atoms with E-state index in [9.17, 15) is 13.6 Å². The molecule has 2 aromatic carbocycles. The first kappa shape index (κ1) is 17.7. The van der Waals surface area contributed by atoms with Gasteiger partial charge >= 0.3 is 6.61 Å². The summed E-state index contributed by atoms with van der Waals surface area (Å²) in [5, 5.41) is 11.3. The summed E-state index contributed by atoms with van der Waals surface area (Å²) in [7, 11) is 1.57. The second-order valence-electron chi connectivity index (χ2n) is 4.97. The molecule has 0 bridgehead atoms. The molecule has 0 saturated heterocycles. The van der Waals surface area contributed by atoms with Crippen molar-refractivity contribution in [2.75, 3.05) is 12.4 Å². The van der Waals surface area contributed by atoms with E-state index in [1.807, 2.05) is 12.1 Å². The third-order valence-corrected chi connectivity index (χ3v) is 4.22. The second kappa shape index (κ2) is 7.87. The Hall–Kier alpha value is -3.07. The SMILES string of the molecule is COc1ccc(-c2nnc(NC(=O)c3ccccc3OC(F)F)s2)cc1. The maximum atomic E-state index is 12.5. The minimum absolute atomic E-state index is 0.0194. The molecule has 26 heavy (non-hydrogen) atoms. The number of methoxy groups -OCH3 is 1. The Morgan fingerprint density at radius 2 is 1.85 bits per heavy atom. The highest BCUT2D eigenvalue weighted by molar-refractivity contribution is 7.18. The summed E-state index contributed by atoms with van der Waals surface area (Å²) in [6.07, 6.45) is 0. The van der Waals surface area contributed by atoms with Crippen LogP contribution in [0.1, 0.15) is 10.4 Å². The van der Waals surface area contributed by atoms with Gasteiger partial charge in [0.05, 0.1) is 12.7 Å². The van der Waals surface area contributed by atoms with Crippen molar-refractivity contribution in [2.45, 2.75) is 6.61 Å². The van der Waals surface area contributed by atoms with E-state index in [-0.39, 0.29) is 16.4 Å². The number of halogens is 2. The lowest BCUT2D eigenvalue weighted by molar-refractivity contribution is -0.0501. The largest absolute Gasteiger partial charge is 0.497 e. The number of alkyl halides is 2. The van der Waals surface area contributed by atoms with Gasteiger partial charge in [0.15, 0.2) is 0 Å². The lowest BCUT2D eigenvalue weighted by atomic mass is 10.2. The van der Waals surface area contributed by atoms with Crippen molar-refractivity contribution in [3.8, 4) is 22.1 Å². The van der Waals surface area contributed by atoms with E-state index in [4.69, 9.17) is 4.74 Å². The fraction of sp³-hybridized carbons (Fsp3) is 0.118. The lowest BCUT2D eigenvalue weighted by Gasteiger charge is -2.09. The van der Waals surface area contributed by atoms with Gasteiger partial charge in [-0.2, -0.15) is 8.78 Å². The number of benzene rings is 2. The molecule has 1 N–H and O–H groups in total. The Balaban J connectivity index is 1.76. The fourth-order valence-corrected chi connectivity index (χ4v) is 2.89. The maximum Gasteiger partial charge on any atom is 0.387 e. The normalized spacial score (nSPS) is 10.6. The Labute approximate surface area is 151 Å². The van der Waals surface area contributed by atoms with Gasteiger partial charge in [-0.25, -0.2) is 0 Å². The van der Waals surface area contributed by atoms with Gasteiger partial charge in [-0.1, -0.05) is 23.5 Å². The maximum absolute atomic E-state index is 12.5. The zero-order chi connectivity index (χ0) is 18.5. The van der Waals surface area contributed by atoms with Crippen molar-refractivity contribution in [3.63, 3.8) is 0 Å². The fourth-order valence-electron chi connectivity index (χ4n) is 2.14. The number of carbonyl (C=O) groups is 1. The Kier molecular flexibility index (Phi) is 5.37. The Morgan fingerprint density at radius 3 is 2.54 bits per heavy atom. The number of carbonyl (C=O) groups excluding carboxylic acids is 1. The Bertz CT molecular complexity index is 900. The first-order valence-electron chi connectivity index (χ1n) is 7.40. The number of para-hydroxylation sites is 1. The molecule has 0 unspecified atom stereocenters. The minimum atomic E-state index is -3.02. The van der Waals surface area contributed by atoms with Crippen LogP contribution >= 0.6 is 11.3 Å². The molecule has 0 fully saturated rings. The summed E-state index contributed by atoms with van der Waals surface area (Å²) in [6, 6.07) is 12.9. The summed E-state index contributed by atoms with van der Waals surface area (Å²) in [4.78, 5) is 12.3. The molecule has 3 rings (SSSR count). The number of hydrogen-bond donors (Lipinski definition) is 1. The number of nitrogens with one attached hydrogen (secondary N) is 1. The average Bonchev–Trinajstić information content (AvgIpc) is 3.10. The third-order valence-electron chi connectivity index (χ3n) is 3.33. The molecule has 0 spiro atoms. The molecular weight excluding hydrogens is 364 g/mol. The van der Waals surface area contributed by atoms with Gasteiger partial charge in [-0.05, 0) is 36.4 Å². The van der Waals surface area contributed by atoms with Crippen molar-refractivity contribution < 1.29 is 23.0 Å². The van der Waals surface area contributed by atoms with Gasteiger partial charge < -0.3 is 9.47 Å². The van der Waals surface area contributed by atoms with Crippen LogP contribution in [-0.4, -0.2) is 29.8 Å². The number of rotatable bonds is 6. The number of nitrogens with zero attached hydrogens (tertiary/aromatic N) is 2. The number of aromatic nitrogens is 2. The summed E-state index contributed by atoms with van der Waals surface area (Å²) in [5.41, 5.74) is 0.791. The second-order valence-corrected chi connectivity index (χ2v) is 5.95. The van der Waals surface area contributed by atoms with Gasteiger partial charge in [0.2, 0.25) is 5.13 Å². The van der Waals surface area contributed by atoms with Gasteiger partial charge in [-0.15, -0.1) is 10.2 Å². The molecule has 0 aliphatic heterocycles. The molecule has 9 heteroatoms. The topological polar surface area (TPSA) is 73.3 Å². The number of anilines is 1. The molecule has 0 aliphatic rings. The van der Waals surface area contributed by atoms with E-state index in [0.29, 0.717) is 10.8 Å². The van der Waals surface area contributed by atoms with Crippen molar-refractivity contribution in [3.05, 3.63) is 54.1 Å². The van der Waals surface area contributed by atoms with Gasteiger partial charge in [0.25, 0.3) is 5.91 Å². The molecule has 0 atom stereocenters. The van der Waals surface area contributed by atoms with Crippen LogP contribution in [0.25, 0.3) is 10.6 Å². The molecule has 0 aliphatic carbocycles. The first-order chi connectivity index (χ1) is 12.6. The van der Waals surface area contributed by atoms with Crippen molar-refractivity contribution in [1.29, 1.82) is 0 Å². The van der Waals surface area contributed by atoms with Crippen LogP contribution < -0.4 is 14.8 Å². The monoisotopic (exact) mass is 377 g/mol. The summed E-state index contributed by atoms with van der Waals surface area (Å²) in [5.74, 6) is -0.110. The molecule has 134 valence electrons. The van der Waals surface area contributed by atoms with Crippen LogP contribution in [0.3, 0.4) is 0 Å². The molecule has 1 heterocycles. The summed E-state index contributed by atoms with van der Waals surface area (Å²) in [6.45, 7) is -3.02. The summed E-state index contributed by atoms with van der Waals surface area (Å²) < 4.78 is 34.4. The zero-order valence-corrected chi connectivity index (χ0v) is 14.3. The van der Waals surface area contributed by atoms with Crippen LogP contribution in [0.2, 0.25) is 0 Å². The van der Waals surface area contributed by atoms with Gasteiger partial charge in [0.1, 0.15) is 16.5 Å². The molecule has 6 nitrogen and oxygen atoms in total. The highest BCUT2D eigenvalue weighted by atomic mass is 32.1. The quantitative estimate of drug-likeness (QED) is 0.701. The van der Waals surface area contributed by atoms with Crippen molar-refractivity contribution in [2.24, 2.45) is 0 Å². The van der Waals surface area contributed by atoms with Crippen LogP contribution in [-0.2, 0) is 0 Å². The third kappa shape index (κ3) is 4.12. The predicted molar refractivity (Wildman–Crippen MR) is 92.9 cm³/mol. The van der Waals surface area contributed by atoms with E-state index >= 15 is 0 Å². The van der Waals surface area contributed by atoms with E-state index in [0.717, 1.165) is 16.9 Å². The van der Waals surface area contributed by atoms with Crippen LogP contribution in [0.5, 0.6) is 11.5 Å². The van der Waals surface area contributed by atoms with E-state index in [2.05, 4.69) is 20.3 Å². The smallest absolute Gasteiger partial charge is 0.387 e. The molecule has 1 aromatic heterocycles. The highest BCUT2D eigenvalue weighted by Gasteiger charge is 2.17. The highest BCUT2D eigenvalue weighted by Crippen LogP contribution is 2.29. The summed E-state index contributed by atoms with van der Waals surface area (Å²) >= 11 is 1.16. The molecule has 0 radical (unpaired) electrons. The number of hydrogen-bond acceptors (Lipinski definition) is 6. The average molecular weight is 377 g/mol. The van der Waals surface area contributed by atoms with E-state index in [1.54, 1.807) is 25.3 Å². The Morgan fingerprint density at radius 1 is 1.12 bits per heavy atom. The first-order valence-corrected chi connectivity index (χ1v) is 8.21. The van der Waals surface area contributed by atoms with Crippen molar-refractivity contribution in [1.82, 2.24) is 10.2 Å². The molecule has 0 saturated carbocycles. The van der Waals surface area contributed by atoms with Gasteiger partial charge in [-0.3, -0.25) is 10.1 Å². The van der Waals surface area contributed by atoms with Crippen LogP contribution in [0.15, 0.2) is 48.5 Å². The standard InChI is InChI=1S/C17H13F2N3O3S/c1-24-11-8-6-10(7-9-11)15-21-22-17(26-15)20-14(23)12-4-2-3-5-13(12)25-16(18)19/h2-9,16H,1H3,(H,20,22,23). The number of amides is 1. The zero-order valence-electron chi connectivity index (χ0n) is 13.5. The van der Waals surface area contributed by atoms with E-state index < -0.39 is 12.5 Å². The molecular formula is C17H13F2N3O3S.